The second-order valence-corrected chi connectivity index (χ2v) is 7.29. The number of para-hydroxylation sites is 2. The lowest BCUT2D eigenvalue weighted by Gasteiger charge is -2.07. The van der Waals surface area contributed by atoms with Crippen LogP contribution in [0.25, 0.3) is 22.5 Å². The van der Waals surface area contributed by atoms with E-state index in [1.807, 2.05) is 54.6 Å². The van der Waals surface area contributed by atoms with Crippen molar-refractivity contribution in [1.29, 1.82) is 0 Å². The predicted octanol–water partition coefficient (Wildman–Crippen LogP) is 4.33. The number of aryl methyl sites for hydroxylation is 1. The molecule has 0 spiro atoms. The number of carbonyl (C=O) groups is 1. The molecule has 2 heterocycles. The first-order valence-electron chi connectivity index (χ1n) is 9.36. The number of ether oxygens (including phenoxy) is 1. The second-order valence-electron chi connectivity index (χ2n) is 6.35. The van der Waals surface area contributed by atoms with Gasteiger partial charge in [0.1, 0.15) is 0 Å². The Morgan fingerprint density at radius 1 is 1.10 bits per heavy atom. The Kier molecular flexibility index (Phi) is 5.90. The van der Waals surface area contributed by atoms with Gasteiger partial charge in [0, 0.05) is 12.1 Å². The number of fused-ring (bicyclic) bond motifs is 1. The number of aromatic nitrogens is 4. The average molecular weight is 408 g/mol. The maximum Gasteiger partial charge on any atom is 0.316 e. The lowest BCUT2D eigenvalue weighted by atomic mass is 10.2. The van der Waals surface area contributed by atoms with Gasteiger partial charge in [0.25, 0.3) is 5.89 Å². The summed E-state index contributed by atoms with van der Waals surface area (Å²) in [6.45, 7) is 2.92. The molecule has 0 aliphatic carbocycles. The van der Waals surface area contributed by atoms with Crippen LogP contribution in [0, 0.1) is 0 Å². The van der Waals surface area contributed by atoms with E-state index in [9.17, 15) is 4.79 Å². The molecular formula is C21H20N4O3S. The number of imidazole rings is 1. The molecule has 29 heavy (non-hydrogen) atoms. The minimum atomic E-state index is -0.357. The molecule has 0 atom stereocenters. The summed E-state index contributed by atoms with van der Waals surface area (Å²) < 4.78 is 13.0. The van der Waals surface area contributed by atoms with Crippen LogP contribution in [0.5, 0.6) is 0 Å². The van der Waals surface area contributed by atoms with E-state index in [0.717, 1.165) is 34.7 Å². The Hall–Kier alpha value is -3.13. The van der Waals surface area contributed by atoms with E-state index in [1.165, 1.54) is 11.8 Å². The van der Waals surface area contributed by atoms with Crippen LogP contribution in [0.2, 0.25) is 0 Å². The van der Waals surface area contributed by atoms with Gasteiger partial charge >= 0.3 is 5.97 Å². The van der Waals surface area contributed by atoms with E-state index in [2.05, 4.69) is 26.7 Å². The molecular weight excluding hydrogens is 388 g/mol. The molecule has 4 rings (SSSR count). The molecule has 0 bridgehead atoms. The highest BCUT2D eigenvalue weighted by Crippen LogP contribution is 2.24. The van der Waals surface area contributed by atoms with Crippen molar-refractivity contribution in [1.82, 2.24) is 19.7 Å². The summed E-state index contributed by atoms with van der Waals surface area (Å²) >= 11 is 1.37. The van der Waals surface area contributed by atoms with Crippen molar-refractivity contribution in [2.75, 3.05) is 5.75 Å². The van der Waals surface area contributed by atoms with Crippen LogP contribution >= 0.6 is 11.8 Å². The van der Waals surface area contributed by atoms with Crippen molar-refractivity contribution in [3.63, 3.8) is 0 Å². The first-order chi connectivity index (χ1) is 14.2. The van der Waals surface area contributed by atoms with E-state index < -0.39 is 0 Å². The highest BCUT2D eigenvalue weighted by Gasteiger charge is 2.14. The maximum absolute atomic E-state index is 12.2. The third-order valence-electron chi connectivity index (χ3n) is 4.23. The van der Waals surface area contributed by atoms with E-state index in [1.54, 1.807) is 0 Å². The number of hydrogen-bond acceptors (Lipinski definition) is 7. The average Bonchev–Trinajstić information content (AvgIpc) is 3.37. The maximum atomic E-state index is 12.2. The van der Waals surface area contributed by atoms with E-state index in [0.29, 0.717) is 5.89 Å². The standard InChI is InChI=1S/C21H20N4O3S/c1-2-12-25-17-11-7-6-10-16(17)22-21(25)29-14-19(26)27-13-18-23-24-20(28-18)15-8-4-3-5-9-15/h3-11H,2,12-14H2,1H3. The summed E-state index contributed by atoms with van der Waals surface area (Å²) in [6, 6.07) is 17.4. The Labute approximate surface area is 172 Å². The summed E-state index contributed by atoms with van der Waals surface area (Å²) in [6.07, 6.45) is 0.985. The van der Waals surface area contributed by atoms with Crippen molar-refractivity contribution < 1.29 is 13.9 Å². The molecule has 0 radical (unpaired) electrons. The van der Waals surface area contributed by atoms with Crippen LogP contribution in [0.4, 0.5) is 0 Å². The molecule has 8 heteroatoms. The Morgan fingerprint density at radius 3 is 2.72 bits per heavy atom. The summed E-state index contributed by atoms with van der Waals surface area (Å²) in [5, 5.41) is 8.73. The van der Waals surface area contributed by atoms with E-state index >= 15 is 0 Å². The molecule has 0 N–H and O–H groups in total. The quantitative estimate of drug-likeness (QED) is 0.317. The van der Waals surface area contributed by atoms with Crippen LogP contribution in [-0.4, -0.2) is 31.5 Å². The van der Waals surface area contributed by atoms with E-state index in [4.69, 9.17) is 9.15 Å². The van der Waals surface area contributed by atoms with Crippen LogP contribution in [0.3, 0.4) is 0 Å². The number of hydrogen-bond donors (Lipinski definition) is 0. The lowest BCUT2D eigenvalue weighted by molar-refractivity contribution is -0.142. The van der Waals surface area contributed by atoms with Crippen molar-refractivity contribution in [3.05, 3.63) is 60.5 Å². The molecule has 0 fully saturated rings. The molecule has 0 saturated carbocycles. The van der Waals surface area contributed by atoms with Crippen molar-refractivity contribution >= 4 is 28.8 Å². The summed E-state index contributed by atoms with van der Waals surface area (Å²) in [7, 11) is 0. The third kappa shape index (κ3) is 4.48. The van der Waals surface area contributed by atoms with Gasteiger partial charge in [0.05, 0.1) is 16.8 Å². The van der Waals surface area contributed by atoms with E-state index in [-0.39, 0.29) is 24.2 Å². The van der Waals surface area contributed by atoms with Gasteiger partial charge in [-0.3, -0.25) is 4.79 Å². The number of carbonyl (C=O) groups excluding carboxylic acids is 1. The van der Waals surface area contributed by atoms with Crippen molar-refractivity contribution in [2.24, 2.45) is 0 Å². The van der Waals surface area contributed by atoms with Crippen LogP contribution in [0.1, 0.15) is 19.2 Å². The van der Waals surface area contributed by atoms with Crippen LogP contribution in [0.15, 0.2) is 64.2 Å². The molecule has 0 unspecified atom stereocenters. The lowest BCUT2D eigenvalue weighted by Crippen LogP contribution is -2.09. The monoisotopic (exact) mass is 408 g/mol. The highest BCUT2D eigenvalue weighted by atomic mass is 32.2. The number of rotatable bonds is 8. The topological polar surface area (TPSA) is 83.0 Å². The molecule has 148 valence electrons. The summed E-state index contributed by atoms with van der Waals surface area (Å²) in [4.78, 5) is 16.8. The fourth-order valence-corrected chi connectivity index (χ4v) is 3.76. The Bertz CT molecular complexity index is 1110. The van der Waals surface area contributed by atoms with Gasteiger partial charge in [-0.15, -0.1) is 10.2 Å². The molecule has 0 aliphatic heterocycles. The van der Waals surface area contributed by atoms with Crippen molar-refractivity contribution in [2.45, 2.75) is 31.7 Å². The Balaban J connectivity index is 1.35. The Morgan fingerprint density at radius 2 is 1.90 bits per heavy atom. The molecule has 0 aliphatic rings. The normalized spacial score (nSPS) is 11.1. The van der Waals surface area contributed by atoms with Gasteiger partial charge in [-0.05, 0) is 30.7 Å². The number of benzene rings is 2. The zero-order valence-electron chi connectivity index (χ0n) is 15.9. The molecule has 0 amide bonds. The minimum Gasteiger partial charge on any atom is -0.455 e. The fraction of sp³-hybridized carbons (Fsp3) is 0.238. The SMILES string of the molecule is CCCn1c(SCC(=O)OCc2nnc(-c3ccccc3)o2)nc2ccccc21. The number of nitrogens with zero attached hydrogens (tertiary/aromatic N) is 4. The zero-order chi connectivity index (χ0) is 20.1. The second kappa shape index (κ2) is 8.91. The predicted molar refractivity (Wildman–Crippen MR) is 110 cm³/mol. The minimum absolute atomic E-state index is 0.0510. The first kappa shape index (κ1) is 19.2. The third-order valence-corrected chi connectivity index (χ3v) is 5.18. The van der Waals surface area contributed by atoms with Gasteiger partial charge in [-0.25, -0.2) is 4.98 Å². The van der Waals surface area contributed by atoms with Crippen LogP contribution < -0.4 is 0 Å². The number of thioether (sulfide) groups is 1. The number of esters is 1. The highest BCUT2D eigenvalue weighted by molar-refractivity contribution is 7.99. The largest absolute Gasteiger partial charge is 0.455 e. The molecule has 7 nitrogen and oxygen atoms in total. The summed E-state index contributed by atoms with van der Waals surface area (Å²) in [5.74, 6) is 0.469. The molecule has 2 aromatic heterocycles. The van der Waals surface area contributed by atoms with Gasteiger partial charge in [-0.2, -0.15) is 0 Å². The zero-order valence-corrected chi connectivity index (χ0v) is 16.8. The smallest absolute Gasteiger partial charge is 0.316 e. The molecule has 0 saturated heterocycles. The van der Waals surface area contributed by atoms with Gasteiger partial charge in [0.2, 0.25) is 5.89 Å². The fourth-order valence-electron chi connectivity index (χ4n) is 2.92. The van der Waals surface area contributed by atoms with Crippen molar-refractivity contribution in [3.8, 4) is 11.5 Å². The summed E-state index contributed by atoms with van der Waals surface area (Å²) in [5.41, 5.74) is 2.82. The molecule has 2 aromatic carbocycles. The first-order valence-corrected chi connectivity index (χ1v) is 10.3. The van der Waals surface area contributed by atoms with Gasteiger partial charge in [-0.1, -0.05) is 49.0 Å². The van der Waals surface area contributed by atoms with Gasteiger partial charge in [0.15, 0.2) is 11.8 Å². The van der Waals surface area contributed by atoms with Crippen LogP contribution in [-0.2, 0) is 22.7 Å². The molecule has 4 aromatic rings. The van der Waals surface area contributed by atoms with Gasteiger partial charge < -0.3 is 13.7 Å².